The van der Waals surface area contributed by atoms with Gasteiger partial charge in [-0.2, -0.15) is 5.26 Å². The number of aryl methyl sites for hydroxylation is 2. The van der Waals surface area contributed by atoms with Crippen molar-refractivity contribution < 1.29 is 4.79 Å². The predicted octanol–water partition coefficient (Wildman–Crippen LogP) is 5.22. The Hall–Kier alpha value is -3.36. The largest absolute Gasteiger partial charge is 0.353 e. The van der Waals surface area contributed by atoms with E-state index in [4.69, 9.17) is 16.9 Å². The maximum absolute atomic E-state index is 12.3. The summed E-state index contributed by atoms with van der Waals surface area (Å²) in [6, 6.07) is 16.1. The number of carbonyl (C=O) groups excluding carboxylic acids is 1. The molecule has 0 saturated heterocycles. The van der Waals surface area contributed by atoms with Crippen molar-refractivity contribution in [2.45, 2.75) is 13.8 Å². The molecule has 3 rings (SSSR count). The van der Waals surface area contributed by atoms with Crippen LogP contribution in [0.2, 0.25) is 5.02 Å². The third-order valence-corrected chi connectivity index (χ3v) is 4.24. The Morgan fingerprint density at radius 1 is 1.11 bits per heavy atom. The number of halogens is 1. The number of hydrogen-bond acceptors (Lipinski definition) is 4. The van der Waals surface area contributed by atoms with Crippen molar-refractivity contribution in [2.24, 2.45) is 0 Å². The van der Waals surface area contributed by atoms with Gasteiger partial charge < -0.3 is 10.6 Å². The number of hydrogen-bond donors (Lipinski definition) is 2. The molecular formula is C21H17ClN4O. The summed E-state index contributed by atoms with van der Waals surface area (Å²) in [7, 11) is 0. The average molecular weight is 377 g/mol. The van der Waals surface area contributed by atoms with Crippen LogP contribution in [0.25, 0.3) is 0 Å². The van der Waals surface area contributed by atoms with E-state index < -0.39 is 0 Å². The minimum Gasteiger partial charge on any atom is -0.353 e. The lowest BCUT2D eigenvalue weighted by atomic mass is 10.1. The van der Waals surface area contributed by atoms with Crippen LogP contribution < -0.4 is 10.6 Å². The molecule has 0 aliphatic heterocycles. The van der Waals surface area contributed by atoms with Gasteiger partial charge in [-0.05, 0) is 61.4 Å². The second-order valence-electron chi connectivity index (χ2n) is 6.14. The molecule has 0 atom stereocenters. The number of nitrogens with one attached hydrogen (secondary N) is 2. The molecular weight excluding hydrogens is 360 g/mol. The van der Waals surface area contributed by atoms with E-state index in [-0.39, 0.29) is 11.6 Å². The van der Waals surface area contributed by atoms with Gasteiger partial charge in [0.1, 0.15) is 5.69 Å². The van der Waals surface area contributed by atoms with Crippen LogP contribution in [0.15, 0.2) is 54.7 Å². The minimum absolute atomic E-state index is 0.273. The summed E-state index contributed by atoms with van der Waals surface area (Å²) in [4.78, 5) is 16.5. The highest BCUT2D eigenvalue weighted by molar-refractivity contribution is 6.33. The molecule has 0 aliphatic carbocycles. The van der Waals surface area contributed by atoms with Crippen molar-refractivity contribution in [1.82, 2.24) is 4.98 Å². The lowest BCUT2D eigenvalue weighted by Crippen LogP contribution is -2.13. The first-order valence-electron chi connectivity index (χ1n) is 8.27. The Kier molecular flexibility index (Phi) is 5.39. The highest BCUT2D eigenvalue weighted by Gasteiger charge is 2.10. The summed E-state index contributed by atoms with van der Waals surface area (Å²) >= 11 is 6.31. The molecule has 0 bridgehead atoms. The molecule has 0 unspecified atom stereocenters. The van der Waals surface area contributed by atoms with Gasteiger partial charge >= 0.3 is 0 Å². The summed E-state index contributed by atoms with van der Waals surface area (Å²) in [5, 5.41) is 15.5. The maximum Gasteiger partial charge on any atom is 0.274 e. The normalized spacial score (nSPS) is 10.1. The molecule has 2 N–H and O–H groups in total. The molecule has 27 heavy (non-hydrogen) atoms. The minimum atomic E-state index is -0.346. The van der Waals surface area contributed by atoms with Crippen LogP contribution in [0.4, 0.5) is 17.1 Å². The SMILES string of the molecule is Cc1cc(C)c(Nc2ccc(C(=O)Nc3cccc(C#N)c3)nc2)c(Cl)c1. The van der Waals surface area contributed by atoms with Gasteiger partial charge in [-0.15, -0.1) is 0 Å². The van der Waals surface area contributed by atoms with Gasteiger partial charge in [0.15, 0.2) is 0 Å². The molecule has 1 heterocycles. The number of aromatic nitrogens is 1. The molecule has 5 nitrogen and oxygen atoms in total. The number of benzene rings is 2. The number of rotatable bonds is 4. The summed E-state index contributed by atoms with van der Waals surface area (Å²) in [6.45, 7) is 3.97. The second-order valence-corrected chi connectivity index (χ2v) is 6.55. The van der Waals surface area contributed by atoms with Gasteiger partial charge in [0.2, 0.25) is 0 Å². The van der Waals surface area contributed by atoms with E-state index in [1.54, 1.807) is 42.6 Å². The van der Waals surface area contributed by atoms with Crippen LogP contribution in [-0.2, 0) is 0 Å². The van der Waals surface area contributed by atoms with E-state index >= 15 is 0 Å². The van der Waals surface area contributed by atoms with Crippen LogP contribution >= 0.6 is 11.6 Å². The molecule has 0 saturated carbocycles. The van der Waals surface area contributed by atoms with E-state index in [1.807, 2.05) is 32.0 Å². The lowest BCUT2D eigenvalue weighted by molar-refractivity contribution is 0.102. The summed E-state index contributed by atoms with van der Waals surface area (Å²) in [5.74, 6) is -0.346. The van der Waals surface area contributed by atoms with Gasteiger partial charge in [-0.3, -0.25) is 4.79 Å². The summed E-state index contributed by atoms with van der Waals surface area (Å²) < 4.78 is 0. The van der Waals surface area contributed by atoms with Gasteiger partial charge in [-0.1, -0.05) is 23.7 Å². The third kappa shape index (κ3) is 4.43. The van der Waals surface area contributed by atoms with Gasteiger partial charge in [0, 0.05) is 5.69 Å². The van der Waals surface area contributed by atoms with E-state index in [0.717, 1.165) is 22.5 Å². The molecule has 0 spiro atoms. The van der Waals surface area contributed by atoms with Gasteiger partial charge in [0.05, 0.1) is 34.2 Å². The number of carbonyl (C=O) groups is 1. The van der Waals surface area contributed by atoms with Gasteiger partial charge in [-0.25, -0.2) is 4.98 Å². The monoisotopic (exact) mass is 376 g/mol. The van der Waals surface area contributed by atoms with E-state index in [2.05, 4.69) is 15.6 Å². The Bertz CT molecular complexity index is 1020. The van der Waals surface area contributed by atoms with Crippen molar-refractivity contribution in [1.29, 1.82) is 5.26 Å². The Labute approximate surface area is 162 Å². The molecule has 0 fully saturated rings. The standard InChI is InChI=1S/C21H17ClN4O/c1-13-8-14(2)20(18(22)9-13)25-17-6-7-19(24-12-17)21(27)26-16-5-3-4-15(10-16)11-23/h3-10,12,25H,1-2H3,(H,26,27). The lowest BCUT2D eigenvalue weighted by Gasteiger charge is -2.13. The number of anilines is 3. The Balaban J connectivity index is 1.73. The molecule has 1 aromatic heterocycles. The van der Waals surface area contributed by atoms with Crippen LogP contribution in [0.1, 0.15) is 27.2 Å². The summed E-state index contributed by atoms with van der Waals surface area (Å²) in [5.41, 5.74) is 4.96. The van der Waals surface area contributed by atoms with Crippen LogP contribution in [0.5, 0.6) is 0 Å². The smallest absolute Gasteiger partial charge is 0.274 e. The number of amides is 1. The third-order valence-electron chi connectivity index (χ3n) is 3.95. The number of nitrogens with zero attached hydrogens (tertiary/aromatic N) is 2. The molecule has 6 heteroatoms. The first-order chi connectivity index (χ1) is 13.0. The molecule has 0 aliphatic rings. The first-order valence-corrected chi connectivity index (χ1v) is 8.65. The average Bonchev–Trinajstić information content (AvgIpc) is 2.65. The predicted molar refractivity (Wildman–Crippen MR) is 108 cm³/mol. The van der Waals surface area contributed by atoms with Crippen LogP contribution in [0, 0.1) is 25.2 Å². The molecule has 0 radical (unpaired) electrons. The Morgan fingerprint density at radius 2 is 1.93 bits per heavy atom. The fourth-order valence-electron chi connectivity index (χ4n) is 2.68. The van der Waals surface area contributed by atoms with Crippen molar-refractivity contribution in [2.75, 3.05) is 10.6 Å². The zero-order valence-electron chi connectivity index (χ0n) is 14.9. The fourth-order valence-corrected chi connectivity index (χ4v) is 3.05. The molecule has 2 aromatic carbocycles. The summed E-state index contributed by atoms with van der Waals surface area (Å²) in [6.07, 6.45) is 1.58. The highest BCUT2D eigenvalue weighted by atomic mass is 35.5. The topological polar surface area (TPSA) is 77.8 Å². The first kappa shape index (κ1) is 18.4. The molecule has 134 valence electrons. The number of nitriles is 1. The van der Waals surface area contributed by atoms with Crippen LogP contribution in [-0.4, -0.2) is 10.9 Å². The quantitative estimate of drug-likeness (QED) is 0.654. The van der Waals surface area contributed by atoms with Crippen molar-refractivity contribution in [3.05, 3.63) is 82.1 Å². The van der Waals surface area contributed by atoms with Crippen molar-refractivity contribution in [3.8, 4) is 6.07 Å². The van der Waals surface area contributed by atoms with Gasteiger partial charge in [0.25, 0.3) is 5.91 Å². The Morgan fingerprint density at radius 3 is 2.59 bits per heavy atom. The zero-order valence-corrected chi connectivity index (χ0v) is 15.6. The molecule has 3 aromatic rings. The second kappa shape index (κ2) is 7.90. The molecule has 1 amide bonds. The van der Waals surface area contributed by atoms with E-state index in [9.17, 15) is 4.79 Å². The maximum atomic E-state index is 12.3. The van der Waals surface area contributed by atoms with Crippen LogP contribution in [0.3, 0.4) is 0 Å². The zero-order chi connectivity index (χ0) is 19.4. The van der Waals surface area contributed by atoms with Crippen molar-refractivity contribution in [3.63, 3.8) is 0 Å². The van der Waals surface area contributed by atoms with E-state index in [1.165, 1.54) is 0 Å². The van der Waals surface area contributed by atoms with Crippen molar-refractivity contribution >= 4 is 34.6 Å². The fraction of sp³-hybridized carbons (Fsp3) is 0.0952. The number of pyridine rings is 1. The highest BCUT2D eigenvalue weighted by Crippen LogP contribution is 2.30. The van der Waals surface area contributed by atoms with E-state index in [0.29, 0.717) is 16.3 Å².